The van der Waals surface area contributed by atoms with Gasteiger partial charge < -0.3 is 9.84 Å². The zero-order valence-electron chi connectivity index (χ0n) is 10.5. The van der Waals surface area contributed by atoms with Crippen molar-refractivity contribution in [3.8, 4) is 0 Å². The second-order valence-corrected chi connectivity index (χ2v) is 4.23. The van der Waals surface area contributed by atoms with Crippen molar-refractivity contribution < 1.29 is 9.84 Å². The molecule has 1 N–H and O–H groups in total. The van der Waals surface area contributed by atoms with Crippen LogP contribution in [-0.2, 0) is 4.74 Å². The minimum Gasteiger partial charge on any atom is -0.393 e. The highest BCUT2D eigenvalue weighted by molar-refractivity contribution is 4.51. The molecule has 0 aliphatic carbocycles. The third kappa shape index (κ3) is 11.8. The summed E-state index contributed by atoms with van der Waals surface area (Å²) in [5, 5.41) is 9.30. The van der Waals surface area contributed by atoms with Gasteiger partial charge in [0.25, 0.3) is 0 Å². The zero-order chi connectivity index (χ0) is 11.4. The van der Waals surface area contributed by atoms with E-state index in [0.29, 0.717) is 0 Å². The van der Waals surface area contributed by atoms with Gasteiger partial charge in [-0.3, -0.25) is 0 Å². The second kappa shape index (κ2) is 12.0. The minimum absolute atomic E-state index is 0.127. The topological polar surface area (TPSA) is 29.5 Å². The fourth-order valence-electron chi connectivity index (χ4n) is 1.53. The minimum atomic E-state index is -0.127. The Balaban J connectivity index is 2.92. The summed E-state index contributed by atoms with van der Waals surface area (Å²) < 4.78 is 5.50. The van der Waals surface area contributed by atoms with Gasteiger partial charge in [0.05, 0.1) is 6.10 Å². The van der Waals surface area contributed by atoms with Crippen LogP contribution in [0.1, 0.15) is 65.2 Å². The van der Waals surface area contributed by atoms with E-state index in [-0.39, 0.29) is 6.10 Å². The monoisotopic (exact) mass is 216 g/mol. The Kier molecular flexibility index (Phi) is 11.9. The van der Waals surface area contributed by atoms with Crippen molar-refractivity contribution in [1.29, 1.82) is 0 Å². The molecule has 0 bridgehead atoms. The highest BCUT2D eigenvalue weighted by Gasteiger charge is 1.99. The van der Waals surface area contributed by atoms with Crippen molar-refractivity contribution in [1.82, 2.24) is 0 Å². The van der Waals surface area contributed by atoms with Gasteiger partial charge in [0.1, 0.15) is 0 Å². The molecule has 0 rings (SSSR count). The van der Waals surface area contributed by atoms with Crippen molar-refractivity contribution in [3.63, 3.8) is 0 Å². The Labute approximate surface area is 95.0 Å². The number of aliphatic hydroxyl groups excluding tert-OH is 1. The molecule has 0 amide bonds. The van der Waals surface area contributed by atoms with E-state index in [1.165, 1.54) is 32.1 Å². The molecule has 0 spiro atoms. The Morgan fingerprint density at radius 2 is 1.60 bits per heavy atom. The van der Waals surface area contributed by atoms with Crippen molar-refractivity contribution in [3.05, 3.63) is 0 Å². The van der Waals surface area contributed by atoms with Crippen LogP contribution in [-0.4, -0.2) is 24.4 Å². The van der Waals surface area contributed by atoms with E-state index in [1.807, 2.05) is 6.92 Å². The molecule has 0 aliphatic rings. The van der Waals surface area contributed by atoms with Crippen LogP contribution >= 0.6 is 0 Å². The van der Waals surface area contributed by atoms with Gasteiger partial charge in [0.15, 0.2) is 0 Å². The lowest BCUT2D eigenvalue weighted by molar-refractivity contribution is 0.103. The van der Waals surface area contributed by atoms with E-state index < -0.39 is 0 Å². The number of aliphatic hydroxyl groups is 1. The molecule has 0 radical (unpaired) electrons. The predicted molar refractivity (Wildman–Crippen MR) is 65.1 cm³/mol. The summed E-state index contributed by atoms with van der Waals surface area (Å²) in [6, 6.07) is 0. The summed E-state index contributed by atoms with van der Waals surface area (Å²) in [5.41, 5.74) is 0. The van der Waals surface area contributed by atoms with Crippen LogP contribution in [0.15, 0.2) is 0 Å². The lowest BCUT2D eigenvalue weighted by Gasteiger charge is -2.07. The highest BCUT2D eigenvalue weighted by Crippen LogP contribution is 2.04. The molecule has 2 nitrogen and oxygen atoms in total. The molecule has 0 aromatic rings. The van der Waals surface area contributed by atoms with Crippen LogP contribution in [0.5, 0.6) is 0 Å². The van der Waals surface area contributed by atoms with Crippen LogP contribution in [0.4, 0.5) is 0 Å². The third-order valence-electron chi connectivity index (χ3n) is 2.69. The largest absolute Gasteiger partial charge is 0.393 e. The third-order valence-corrected chi connectivity index (χ3v) is 2.69. The van der Waals surface area contributed by atoms with E-state index >= 15 is 0 Å². The maximum atomic E-state index is 9.30. The number of hydrogen-bond donors (Lipinski definition) is 1. The standard InChI is InChI=1S/C13H28O2/c1-3-5-6-7-8-11-15-12-9-10-13(14)4-2/h13-14H,3-12H2,1-2H3. The molecule has 0 fully saturated rings. The average molecular weight is 216 g/mol. The number of ether oxygens (including phenoxy) is 1. The van der Waals surface area contributed by atoms with E-state index in [2.05, 4.69) is 6.92 Å². The van der Waals surface area contributed by atoms with Gasteiger partial charge in [-0.15, -0.1) is 0 Å². The molecule has 0 saturated heterocycles. The first kappa shape index (κ1) is 14.9. The van der Waals surface area contributed by atoms with Gasteiger partial charge in [-0.05, 0) is 25.7 Å². The van der Waals surface area contributed by atoms with Gasteiger partial charge in [0, 0.05) is 13.2 Å². The van der Waals surface area contributed by atoms with Crippen LogP contribution in [0.2, 0.25) is 0 Å². The van der Waals surface area contributed by atoms with Gasteiger partial charge in [0.2, 0.25) is 0 Å². The Bertz CT molecular complexity index is 115. The molecule has 0 aromatic heterocycles. The summed E-state index contributed by atoms with van der Waals surface area (Å²) in [5.74, 6) is 0. The lowest BCUT2D eigenvalue weighted by Crippen LogP contribution is -2.06. The van der Waals surface area contributed by atoms with Gasteiger partial charge in [-0.1, -0.05) is 39.5 Å². The quantitative estimate of drug-likeness (QED) is 0.535. The molecule has 0 aromatic carbocycles. The van der Waals surface area contributed by atoms with Gasteiger partial charge in [-0.2, -0.15) is 0 Å². The van der Waals surface area contributed by atoms with Crippen molar-refractivity contribution >= 4 is 0 Å². The van der Waals surface area contributed by atoms with E-state index in [1.54, 1.807) is 0 Å². The molecule has 1 atom stereocenters. The Morgan fingerprint density at radius 1 is 0.933 bits per heavy atom. The molecule has 15 heavy (non-hydrogen) atoms. The van der Waals surface area contributed by atoms with Crippen molar-refractivity contribution in [2.45, 2.75) is 71.3 Å². The highest BCUT2D eigenvalue weighted by atomic mass is 16.5. The van der Waals surface area contributed by atoms with Gasteiger partial charge in [-0.25, -0.2) is 0 Å². The van der Waals surface area contributed by atoms with Crippen molar-refractivity contribution in [2.24, 2.45) is 0 Å². The zero-order valence-corrected chi connectivity index (χ0v) is 10.5. The Hall–Kier alpha value is -0.0800. The van der Waals surface area contributed by atoms with Crippen LogP contribution < -0.4 is 0 Å². The van der Waals surface area contributed by atoms with E-state index in [4.69, 9.17) is 4.74 Å². The average Bonchev–Trinajstić information content (AvgIpc) is 2.26. The van der Waals surface area contributed by atoms with Gasteiger partial charge >= 0.3 is 0 Å². The molecule has 0 aliphatic heterocycles. The molecular weight excluding hydrogens is 188 g/mol. The molecule has 92 valence electrons. The fourth-order valence-corrected chi connectivity index (χ4v) is 1.53. The number of rotatable bonds is 11. The molecule has 0 heterocycles. The van der Waals surface area contributed by atoms with Crippen molar-refractivity contribution in [2.75, 3.05) is 13.2 Å². The van der Waals surface area contributed by atoms with E-state index in [9.17, 15) is 5.11 Å². The first-order chi connectivity index (χ1) is 7.31. The molecule has 2 heteroatoms. The molecule has 1 unspecified atom stereocenters. The number of unbranched alkanes of at least 4 members (excludes halogenated alkanes) is 4. The lowest BCUT2D eigenvalue weighted by atomic mass is 10.1. The normalized spacial score (nSPS) is 13.0. The summed E-state index contributed by atoms with van der Waals surface area (Å²) in [6.45, 7) is 5.95. The van der Waals surface area contributed by atoms with Crippen LogP contribution in [0, 0.1) is 0 Å². The predicted octanol–water partition coefficient (Wildman–Crippen LogP) is 3.52. The fraction of sp³-hybridized carbons (Fsp3) is 1.00. The smallest absolute Gasteiger partial charge is 0.0538 e. The molecular formula is C13H28O2. The summed E-state index contributed by atoms with van der Waals surface area (Å²) >= 11 is 0. The Morgan fingerprint density at radius 3 is 2.27 bits per heavy atom. The van der Waals surface area contributed by atoms with Crippen LogP contribution in [0.25, 0.3) is 0 Å². The first-order valence-corrected chi connectivity index (χ1v) is 6.57. The maximum absolute atomic E-state index is 9.30. The van der Waals surface area contributed by atoms with E-state index in [0.717, 1.165) is 32.5 Å². The first-order valence-electron chi connectivity index (χ1n) is 6.57. The maximum Gasteiger partial charge on any atom is 0.0538 e. The number of hydrogen-bond acceptors (Lipinski definition) is 2. The molecule has 0 saturated carbocycles. The summed E-state index contributed by atoms with van der Waals surface area (Å²) in [6.07, 6.45) is 9.08. The second-order valence-electron chi connectivity index (χ2n) is 4.23. The summed E-state index contributed by atoms with van der Waals surface area (Å²) in [7, 11) is 0. The summed E-state index contributed by atoms with van der Waals surface area (Å²) in [4.78, 5) is 0. The van der Waals surface area contributed by atoms with Crippen LogP contribution in [0.3, 0.4) is 0 Å². The SMILES string of the molecule is CCCCCCCOCCCC(O)CC.